The number of hydrogen-bond donors (Lipinski definition) is 1. The number of rotatable bonds is 1. The molecule has 3 aromatic rings. The van der Waals surface area contributed by atoms with E-state index in [1.54, 1.807) is 18.2 Å². The number of thiophene rings is 1. The van der Waals surface area contributed by atoms with Gasteiger partial charge in [-0.3, -0.25) is 9.36 Å². The van der Waals surface area contributed by atoms with Crippen molar-refractivity contribution in [2.75, 3.05) is 0 Å². The molecule has 1 aromatic carbocycles. The maximum absolute atomic E-state index is 12.4. The lowest BCUT2D eigenvalue weighted by atomic mass is 10.3. The van der Waals surface area contributed by atoms with Crippen molar-refractivity contribution >= 4 is 61.3 Å². The normalized spacial score (nSPS) is 11.1. The summed E-state index contributed by atoms with van der Waals surface area (Å²) in [5.41, 5.74) is 1.32. The Balaban J connectivity index is 2.38. The van der Waals surface area contributed by atoms with Crippen molar-refractivity contribution in [3.05, 3.63) is 54.3 Å². The van der Waals surface area contributed by atoms with E-state index in [0.29, 0.717) is 20.2 Å². The Hall–Kier alpha value is -0.950. The molecule has 2 heterocycles. The molecule has 0 spiro atoms. The molecule has 0 aliphatic heterocycles. The van der Waals surface area contributed by atoms with Crippen molar-refractivity contribution in [1.82, 2.24) is 9.55 Å². The third-order valence-electron chi connectivity index (χ3n) is 2.67. The molecular formula is C12H6BrClN2OS2. The van der Waals surface area contributed by atoms with E-state index in [1.165, 1.54) is 15.9 Å². The lowest BCUT2D eigenvalue weighted by Gasteiger charge is -2.07. The molecule has 0 unspecified atom stereocenters. The molecule has 0 atom stereocenters. The number of aromatic nitrogens is 2. The van der Waals surface area contributed by atoms with Gasteiger partial charge in [0.15, 0.2) is 4.77 Å². The number of H-pyrrole nitrogens is 1. The minimum atomic E-state index is -0.122. The average Bonchev–Trinajstić information content (AvgIpc) is 2.82. The van der Waals surface area contributed by atoms with Gasteiger partial charge in [-0.05, 0) is 57.8 Å². The number of nitrogens with one attached hydrogen (secondary N) is 1. The fourth-order valence-corrected chi connectivity index (χ4v) is 3.36. The fraction of sp³-hybridized carbons (Fsp3) is 0. The SMILES string of the molecule is O=c1c2sccc2[nH]c(=S)n1-c1ccc(Cl)c(Br)c1. The van der Waals surface area contributed by atoms with Crippen LogP contribution >= 0.6 is 51.1 Å². The second-order valence-corrected chi connectivity index (χ2v) is 6.40. The van der Waals surface area contributed by atoms with Crippen LogP contribution in [0.15, 0.2) is 38.9 Å². The van der Waals surface area contributed by atoms with Crippen LogP contribution in [0.1, 0.15) is 0 Å². The zero-order valence-electron chi connectivity index (χ0n) is 9.31. The summed E-state index contributed by atoms with van der Waals surface area (Å²) in [5.74, 6) is 0. The van der Waals surface area contributed by atoms with E-state index in [-0.39, 0.29) is 5.56 Å². The summed E-state index contributed by atoms with van der Waals surface area (Å²) in [7, 11) is 0. The Labute approximate surface area is 130 Å². The highest BCUT2D eigenvalue weighted by Crippen LogP contribution is 2.25. The van der Waals surface area contributed by atoms with E-state index in [1.807, 2.05) is 11.4 Å². The van der Waals surface area contributed by atoms with Crippen molar-refractivity contribution in [1.29, 1.82) is 0 Å². The first-order valence-electron chi connectivity index (χ1n) is 5.26. The quantitative estimate of drug-likeness (QED) is 0.637. The van der Waals surface area contributed by atoms with E-state index < -0.39 is 0 Å². The van der Waals surface area contributed by atoms with E-state index >= 15 is 0 Å². The highest BCUT2D eigenvalue weighted by molar-refractivity contribution is 9.10. The highest BCUT2D eigenvalue weighted by Gasteiger charge is 2.09. The molecular weight excluding hydrogens is 368 g/mol. The lowest BCUT2D eigenvalue weighted by Crippen LogP contribution is -2.19. The second kappa shape index (κ2) is 4.86. The molecule has 19 heavy (non-hydrogen) atoms. The smallest absolute Gasteiger partial charge is 0.276 e. The molecule has 0 radical (unpaired) electrons. The van der Waals surface area contributed by atoms with Crippen molar-refractivity contribution in [2.24, 2.45) is 0 Å². The van der Waals surface area contributed by atoms with E-state index in [0.717, 1.165) is 9.99 Å². The molecule has 96 valence electrons. The molecule has 7 heteroatoms. The van der Waals surface area contributed by atoms with Crippen LogP contribution in [0.3, 0.4) is 0 Å². The molecule has 0 bridgehead atoms. The van der Waals surface area contributed by atoms with Crippen LogP contribution in [-0.4, -0.2) is 9.55 Å². The molecule has 0 saturated heterocycles. The minimum Gasteiger partial charge on any atom is -0.331 e. The van der Waals surface area contributed by atoms with Gasteiger partial charge in [0.1, 0.15) is 4.70 Å². The molecule has 3 rings (SSSR count). The Kier molecular flexibility index (Phi) is 3.34. The Morgan fingerprint density at radius 3 is 2.89 bits per heavy atom. The van der Waals surface area contributed by atoms with Crippen LogP contribution < -0.4 is 5.56 Å². The maximum atomic E-state index is 12.4. The summed E-state index contributed by atoms with van der Waals surface area (Å²) in [5, 5.41) is 2.45. The topological polar surface area (TPSA) is 37.8 Å². The van der Waals surface area contributed by atoms with Gasteiger partial charge in [-0.1, -0.05) is 11.6 Å². The maximum Gasteiger partial charge on any atom is 0.276 e. The van der Waals surface area contributed by atoms with E-state index in [4.69, 9.17) is 23.8 Å². The van der Waals surface area contributed by atoms with Crippen LogP contribution in [0.4, 0.5) is 0 Å². The van der Waals surface area contributed by atoms with Gasteiger partial charge in [0.05, 0.1) is 16.2 Å². The zero-order valence-corrected chi connectivity index (χ0v) is 13.3. The van der Waals surface area contributed by atoms with Crippen LogP contribution in [0.5, 0.6) is 0 Å². The van der Waals surface area contributed by atoms with Gasteiger partial charge in [0.2, 0.25) is 0 Å². The monoisotopic (exact) mass is 372 g/mol. The number of fused-ring (bicyclic) bond motifs is 1. The summed E-state index contributed by atoms with van der Waals surface area (Å²) in [6, 6.07) is 7.10. The number of benzene rings is 1. The van der Waals surface area contributed by atoms with E-state index in [9.17, 15) is 4.79 Å². The van der Waals surface area contributed by atoms with Gasteiger partial charge in [-0.15, -0.1) is 11.3 Å². The molecule has 3 nitrogen and oxygen atoms in total. The lowest BCUT2D eigenvalue weighted by molar-refractivity contribution is 0.943. The van der Waals surface area contributed by atoms with Gasteiger partial charge in [-0.2, -0.15) is 0 Å². The van der Waals surface area contributed by atoms with Crippen LogP contribution in [0.2, 0.25) is 5.02 Å². The highest BCUT2D eigenvalue weighted by atomic mass is 79.9. The number of aromatic amines is 1. The molecule has 0 saturated carbocycles. The molecule has 0 aliphatic carbocycles. The molecule has 0 amide bonds. The van der Waals surface area contributed by atoms with Crippen LogP contribution in [-0.2, 0) is 0 Å². The predicted octanol–water partition coefficient (Wildman–Crippen LogP) is 4.53. The van der Waals surface area contributed by atoms with Crippen molar-refractivity contribution in [3.63, 3.8) is 0 Å². The van der Waals surface area contributed by atoms with E-state index in [2.05, 4.69) is 20.9 Å². The Morgan fingerprint density at radius 2 is 2.16 bits per heavy atom. The first kappa shape index (κ1) is 13.1. The summed E-state index contributed by atoms with van der Waals surface area (Å²) in [4.78, 5) is 15.5. The summed E-state index contributed by atoms with van der Waals surface area (Å²) >= 11 is 15.9. The van der Waals surface area contributed by atoms with Crippen LogP contribution in [0, 0.1) is 4.77 Å². The standard InChI is InChI=1S/C12H6BrClN2OS2/c13-7-5-6(1-2-8(7)14)16-11(17)10-9(3-4-19-10)15-12(16)18/h1-5H,(H,15,18). The molecule has 1 N–H and O–H groups in total. The fourth-order valence-electron chi connectivity index (χ4n) is 1.80. The first-order valence-corrected chi connectivity index (χ1v) is 7.72. The first-order chi connectivity index (χ1) is 9.08. The van der Waals surface area contributed by atoms with Gasteiger partial charge in [0, 0.05) is 4.47 Å². The predicted molar refractivity (Wildman–Crippen MR) is 85.3 cm³/mol. The summed E-state index contributed by atoms with van der Waals surface area (Å²) < 4.78 is 3.21. The number of nitrogens with zero attached hydrogens (tertiary/aromatic N) is 1. The molecule has 0 aliphatic rings. The largest absolute Gasteiger partial charge is 0.331 e. The number of halogens is 2. The second-order valence-electron chi connectivity index (χ2n) is 3.83. The van der Waals surface area contributed by atoms with Crippen LogP contribution in [0.25, 0.3) is 15.9 Å². The van der Waals surface area contributed by atoms with Gasteiger partial charge in [0.25, 0.3) is 5.56 Å². The molecule has 2 aromatic heterocycles. The minimum absolute atomic E-state index is 0.122. The average molecular weight is 374 g/mol. The van der Waals surface area contributed by atoms with Crippen molar-refractivity contribution in [2.45, 2.75) is 0 Å². The third kappa shape index (κ3) is 2.18. The Bertz CT molecular complexity index is 897. The summed E-state index contributed by atoms with van der Waals surface area (Å²) in [6.45, 7) is 0. The van der Waals surface area contributed by atoms with Gasteiger partial charge < -0.3 is 4.98 Å². The Morgan fingerprint density at radius 1 is 1.37 bits per heavy atom. The van der Waals surface area contributed by atoms with Crippen molar-refractivity contribution < 1.29 is 0 Å². The summed E-state index contributed by atoms with van der Waals surface area (Å²) in [6.07, 6.45) is 0. The van der Waals surface area contributed by atoms with Gasteiger partial charge >= 0.3 is 0 Å². The molecule has 0 fully saturated rings. The van der Waals surface area contributed by atoms with Crippen molar-refractivity contribution in [3.8, 4) is 5.69 Å². The van der Waals surface area contributed by atoms with Gasteiger partial charge in [-0.25, -0.2) is 0 Å². The zero-order chi connectivity index (χ0) is 13.6. The number of hydrogen-bond acceptors (Lipinski definition) is 3. The third-order valence-corrected chi connectivity index (χ3v) is 5.07.